The fourth-order valence-corrected chi connectivity index (χ4v) is 2.00. The maximum Gasteiger partial charge on any atom is 0.401 e. The average molecular weight is 290 g/mol. The van der Waals surface area contributed by atoms with Gasteiger partial charge in [-0.15, -0.1) is 0 Å². The van der Waals surface area contributed by atoms with E-state index in [-0.39, 0.29) is 0 Å². The minimum atomic E-state index is -4.13. The van der Waals surface area contributed by atoms with Crippen LogP contribution >= 0.6 is 0 Å². The number of alkyl halides is 3. The van der Waals surface area contributed by atoms with Crippen molar-refractivity contribution in [1.82, 2.24) is 9.88 Å². The summed E-state index contributed by atoms with van der Waals surface area (Å²) in [6, 6.07) is 5.29. The number of nitrogens with zero attached hydrogens (tertiary/aromatic N) is 3. The maximum absolute atomic E-state index is 12.2. The highest BCUT2D eigenvalue weighted by atomic mass is 19.4. The van der Waals surface area contributed by atoms with E-state index in [1.165, 1.54) is 4.90 Å². The number of nitrogen functional groups attached to an aromatic ring is 1. The molecule has 114 valence electrons. The number of halogens is 3. The Balaban J connectivity index is 0.000000956. The third kappa shape index (κ3) is 5.24. The first-order valence-electron chi connectivity index (χ1n) is 6.71. The van der Waals surface area contributed by atoms with Gasteiger partial charge in [-0.2, -0.15) is 13.2 Å². The molecule has 0 unspecified atom stereocenters. The third-order valence-corrected chi connectivity index (χ3v) is 2.86. The zero-order valence-electron chi connectivity index (χ0n) is 11.8. The predicted octanol–water partition coefficient (Wildman–Crippen LogP) is 2.37. The Labute approximate surface area is 117 Å². The summed E-state index contributed by atoms with van der Waals surface area (Å²) in [5, 5.41) is 0. The number of nitrogens with two attached hydrogens (primary N) is 1. The van der Waals surface area contributed by atoms with Crippen LogP contribution < -0.4 is 10.6 Å². The van der Waals surface area contributed by atoms with E-state index in [1.54, 1.807) is 12.1 Å². The predicted molar refractivity (Wildman–Crippen MR) is 74.7 cm³/mol. The van der Waals surface area contributed by atoms with Gasteiger partial charge in [0.15, 0.2) is 0 Å². The molecule has 1 aliphatic rings. The van der Waals surface area contributed by atoms with Crippen LogP contribution in [-0.2, 0) is 0 Å². The van der Waals surface area contributed by atoms with Gasteiger partial charge < -0.3 is 10.6 Å². The van der Waals surface area contributed by atoms with Gasteiger partial charge in [0, 0.05) is 26.2 Å². The van der Waals surface area contributed by atoms with Crippen molar-refractivity contribution in [2.75, 3.05) is 43.4 Å². The van der Waals surface area contributed by atoms with E-state index < -0.39 is 12.7 Å². The van der Waals surface area contributed by atoms with Gasteiger partial charge in [-0.3, -0.25) is 4.90 Å². The van der Waals surface area contributed by atoms with Crippen LogP contribution in [0.1, 0.15) is 13.8 Å². The lowest BCUT2D eigenvalue weighted by Crippen LogP contribution is -2.49. The highest BCUT2D eigenvalue weighted by molar-refractivity contribution is 5.45. The Morgan fingerprint density at radius 3 is 2.25 bits per heavy atom. The van der Waals surface area contributed by atoms with Crippen LogP contribution in [0.5, 0.6) is 0 Å². The molecule has 1 aromatic heterocycles. The molecular weight excluding hydrogens is 269 g/mol. The number of pyridine rings is 1. The monoisotopic (exact) mass is 290 g/mol. The quantitative estimate of drug-likeness (QED) is 0.908. The number of anilines is 2. The van der Waals surface area contributed by atoms with Gasteiger partial charge in [0.25, 0.3) is 0 Å². The molecule has 0 amide bonds. The van der Waals surface area contributed by atoms with Gasteiger partial charge in [0.2, 0.25) is 0 Å². The van der Waals surface area contributed by atoms with Crippen LogP contribution in [0, 0.1) is 0 Å². The molecule has 0 bridgehead atoms. The molecule has 0 aromatic carbocycles. The molecule has 1 fully saturated rings. The average Bonchev–Trinajstić information content (AvgIpc) is 2.40. The van der Waals surface area contributed by atoms with Crippen molar-refractivity contribution in [3.8, 4) is 0 Å². The first kappa shape index (κ1) is 16.6. The van der Waals surface area contributed by atoms with Crippen molar-refractivity contribution in [2.24, 2.45) is 0 Å². The Morgan fingerprint density at radius 1 is 1.15 bits per heavy atom. The molecule has 1 saturated heterocycles. The fourth-order valence-electron chi connectivity index (χ4n) is 2.00. The second-order valence-corrected chi connectivity index (χ2v) is 4.30. The lowest BCUT2D eigenvalue weighted by Gasteiger charge is -2.35. The maximum atomic E-state index is 12.2. The van der Waals surface area contributed by atoms with E-state index >= 15 is 0 Å². The van der Waals surface area contributed by atoms with E-state index in [1.807, 2.05) is 24.8 Å². The molecule has 2 rings (SSSR count). The smallest absolute Gasteiger partial charge is 0.384 e. The summed E-state index contributed by atoms with van der Waals surface area (Å²) in [5.74, 6) is 1.15. The Hall–Kier alpha value is -1.50. The van der Waals surface area contributed by atoms with Crippen molar-refractivity contribution in [3.05, 3.63) is 18.2 Å². The van der Waals surface area contributed by atoms with Crippen LogP contribution in [0.4, 0.5) is 24.8 Å². The summed E-state index contributed by atoms with van der Waals surface area (Å²) in [6.07, 6.45) is -4.13. The van der Waals surface area contributed by atoms with E-state index in [0.29, 0.717) is 32.0 Å². The zero-order valence-corrected chi connectivity index (χ0v) is 11.8. The first-order valence-corrected chi connectivity index (χ1v) is 6.71. The van der Waals surface area contributed by atoms with Gasteiger partial charge in [-0.25, -0.2) is 4.98 Å². The Kier molecular flexibility index (Phi) is 6.06. The molecule has 0 spiro atoms. The summed E-state index contributed by atoms with van der Waals surface area (Å²) >= 11 is 0. The molecule has 2 N–H and O–H groups in total. The first-order chi connectivity index (χ1) is 9.44. The largest absolute Gasteiger partial charge is 0.401 e. The van der Waals surface area contributed by atoms with Gasteiger partial charge in [-0.05, 0) is 12.1 Å². The molecule has 20 heavy (non-hydrogen) atoms. The Morgan fingerprint density at radius 2 is 1.75 bits per heavy atom. The zero-order chi connectivity index (χ0) is 15.2. The molecular formula is C13H21F3N4. The second kappa shape index (κ2) is 7.33. The van der Waals surface area contributed by atoms with Crippen molar-refractivity contribution in [1.29, 1.82) is 0 Å². The summed E-state index contributed by atoms with van der Waals surface area (Å²) in [7, 11) is 0. The summed E-state index contributed by atoms with van der Waals surface area (Å²) in [6.45, 7) is 5.00. The molecule has 1 aromatic rings. The summed E-state index contributed by atoms with van der Waals surface area (Å²) in [4.78, 5) is 7.51. The Bertz CT molecular complexity index is 401. The molecule has 0 saturated carbocycles. The van der Waals surface area contributed by atoms with E-state index in [4.69, 9.17) is 5.73 Å². The molecule has 4 nitrogen and oxygen atoms in total. The number of rotatable bonds is 2. The molecule has 0 atom stereocenters. The topological polar surface area (TPSA) is 45.4 Å². The van der Waals surface area contributed by atoms with Gasteiger partial charge in [0.1, 0.15) is 11.6 Å². The van der Waals surface area contributed by atoms with E-state index in [2.05, 4.69) is 4.98 Å². The van der Waals surface area contributed by atoms with Gasteiger partial charge in [0.05, 0.1) is 6.54 Å². The minimum absolute atomic E-state index is 0.385. The van der Waals surface area contributed by atoms with Crippen LogP contribution in [0.15, 0.2) is 18.2 Å². The fraction of sp³-hybridized carbons (Fsp3) is 0.615. The van der Waals surface area contributed by atoms with E-state index in [9.17, 15) is 13.2 Å². The van der Waals surface area contributed by atoms with Crippen molar-refractivity contribution in [3.63, 3.8) is 0 Å². The van der Waals surface area contributed by atoms with Crippen LogP contribution in [-0.4, -0.2) is 48.8 Å². The van der Waals surface area contributed by atoms with Gasteiger partial charge in [-0.1, -0.05) is 19.9 Å². The highest BCUT2D eigenvalue weighted by Gasteiger charge is 2.32. The van der Waals surface area contributed by atoms with Crippen LogP contribution in [0.3, 0.4) is 0 Å². The number of hydrogen-bond donors (Lipinski definition) is 1. The lowest BCUT2D eigenvalue weighted by atomic mass is 10.3. The van der Waals surface area contributed by atoms with Crippen molar-refractivity contribution >= 4 is 11.6 Å². The van der Waals surface area contributed by atoms with Crippen molar-refractivity contribution < 1.29 is 13.2 Å². The standard InChI is InChI=1S/C11H15F3N4.C2H6/c12-11(13,14)8-17-4-6-18(7-5-17)10-3-1-2-9(15)16-10;1-2/h1-3H,4-8H2,(H2,15,16);1-2H3. The molecule has 0 radical (unpaired) electrons. The normalized spacial score (nSPS) is 16.6. The molecule has 7 heteroatoms. The second-order valence-electron chi connectivity index (χ2n) is 4.30. The summed E-state index contributed by atoms with van der Waals surface area (Å²) < 4.78 is 36.7. The molecule has 0 aliphatic carbocycles. The summed E-state index contributed by atoms with van der Waals surface area (Å²) in [5.41, 5.74) is 5.58. The van der Waals surface area contributed by atoms with Crippen LogP contribution in [0.25, 0.3) is 0 Å². The lowest BCUT2D eigenvalue weighted by molar-refractivity contribution is -0.146. The third-order valence-electron chi connectivity index (χ3n) is 2.86. The van der Waals surface area contributed by atoms with Gasteiger partial charge >= 0.3 is 6.18 Å². The highest BCUT2D eigenvalue weighted by Crippen LogP contribution is 2.19. The number of aromatic nitrogens is 1. The number of hydrogen-bond acceptors (Lipinski definition) is 4. The number of piperazine rings is 1. The molecule has 1 aliphatic heterocycles. The van der Waals surface area contributed by atoms with Crippen LogP contribution in [0.2, 0.25) is 0 Å². The van der Waals surface area contributed by atoms with Crippen molar-refractivity contribution in [2.45, 2.75) is 20.0 Å². The molecule has 2 heterocycles. The van der Waals surface area contributed by atoms with E-state index in [0.717, 1.165) is 5.82 Å². The SMILES string of the molecule is CC.Nc1cccc(N2CCN(CC(F)(F)F)CC2)n1. The minimum Gasteiger partial charge on any atom is -0.384 e.